The maximum Gasteiger partial charge on any atom is -1.00 e. The Bertz CT molecular complexity index is 483. The largest absolute Gasteiger partial charge is 1.00 e. The van der Waals surface area contributed by atoms with Crippen LogP contribution < -0.4 is 16.6 Å². The van der Waals surface area contributed by atoms with Crippen molar-refractivity contribution in [3.05, 3.63) is 54.1 Å². The summed E-state index contributed by atoms with van der Waals surface area (Å²) in [6.45, 7) is 0. The van der Waals surface area contributed by atoms with Gasteiger partial charge in [-0.15, -0.1) is 0 Å². The van der Waals surface area contributed by atoms with Gasteiger partial charge in [-0.3, -0.25) is 0 Å². The van der Waals surface area contributed by atoms with E-state index in [-0.39, 0.29) is 12.4 Å². The molecule has 0 saturated carbocycles. The molecule has 4 heteroatoms. The molecule has 2 rings (SSSR count). The SMILES string of the molecule is Fc1ccc(-c2cc[c]([Zn+])cc2)cc1F.[Cl-]. The first-order chi connectivity index (χ1) is 7.16. The molecule has 0 saturated heterocycles. The molecular weight excluding hydrogens is 283 g/mol. The predicted octanol–water partition coefficient (Wildman–Crippen LogP) is -0.192. The van der Waals surface area contributed by atoms with E-state index in [1.807, 2.05) is 24.3 Å². The fraction of sp³-hybridized carbons (Fsp3) is 0. The second-order valence-electron chi connectivity index (χ2n) is 3.33. The molecule has 0 heterocycles. The van der Waals surface area contributed by atoms with Crippen LogP contribution >= 0.6 is 0 Å². The van der Waals surface area contributed by atoms with E-state index in [0.717, 1.165) is 29.9 Å². The second kappa shape index (κ2) is 5.51. The van der Waals surface area contributed by atoms with Gasteiger partial charge in [-0.05, 0) is 0 Å². The van der Waals surface area contributed by atoms with Crippen molar-refractivity contribution in [2.75, 3.05) is 0 Å². The molecule has 0 bridgehead atoms. The Labute approximate surface area is 109 Å². The van der Waals surface area contributed by atoms with Gasteiger partial charge in [0, 0.05) is 0 Å². The van der Waals surface area contributed by atoms with Crippen molar-refractivity contribution in [1.82, 2.24) is 0 Å². The molecule has 78 valence electrons. The van der Waals surface area contributed by atoms with E-state index in [4.69, 9.17) is 0 Å². The molecule has 0 aromatic heterocycles. The van der Waals surface area contributed by atoms with Crippen molar-refractivity contribution >= 4 is 4.16 Å². The number of benzene rings is 2. The van der Waals surface area contributed by atoms with Crippen molar-refractivity contribution in [2.24, 2.45) is 0 Å². The molecule has 16 heavy (non-hydrogen) atoms. The van der Waals surface area contributed by atoms with Crippen LogP contribution in [0.1, 0.15) is 0 Å². The Morgan fingerprint density at radius 2 is 1.31 bits per heavy atom. The van der Waals surface area contributed by atoms with Crippen LogP contribution in [0, 0.1) is 11.6 Å². The Morgan fingerprint density at radius 1 is 0.750 bits per heavy atom. The third kappa shape index (κ3) is 2.87. The summed E-state index contributed by atoms with van der Waals surface area (Å²) in [5, 5.41) is 0. The first-order valence-electron chi connectivity index (χ1n) is 4.54. The minimum absolute atomic E-state index is 0. The van der Waals surface area contributed by atoms with Gasteiger partial charge in [-0.2, -0.15) is 0 Å². The van der Waals surface area contributed by atoms with E-state index in [2.05, 4.69) is 0 Å². The molecule has 0 amide bonds. The van der Waals surface area contributed by atoms with Gasteiger partial charge in [0.25, 0.3) is 0 Å². The molecule has 0 aliphatic rings. The normalized spacial score (nSPS) is 9.75. The van der Waals surface area contributed by atoms with E-state index in [0.29, 0.717) is 5.56 Å². The van der Waals surface area contributed by atoms with Crippen LogP contribution in [0.4, 0.5) is 8.78 Å². The Morgan fingerprint density at radius 3 is 1.88 bits per heavy atom. The van der Waals surface area contributed by atoms with Crippen LogP contribution in [0.25, 0.3) is 11.1 Å². The van der Waals surface area contributed by atoms with Crippen LogP contribution in [0.2, 0.25) is 0 Å². The number of rotatable bonds is 1. The molecule has 0 N–H and O–H groups in total. The van der Waals surface area contributed by atoms with Crippen LogP contribution in [0.5, 0.6) is 0 Å². The minimum Gasteiger partial charge on any atom is -1.00 e. The summed E-state index contributed by atoms with van der Waals surface area (Å²) < 4.78 is 26.9. The quantitative estimate of drug-likeness (QED) is 0.639. The molecule has 0 spiro atoms. The van der Waals surface area contributed by atoms with Gasteiger partial charge in [0.05, 0.1) is 0 Å². The monoisotopic (exact) mass is 288 g/mol. The molecule has 2 aromatic carbocycles. The summed E-state index contributed by atoms with van der Waals surface area (Å²) in [6, 6.07) is 11.8. The van der Waals surface area contributed by atoms with Gasteiger partial charge >= 0.3 is 96.5 Å². The van der Waals surface area contributed by atoms with Gasteiger partial charge in [-0.25, -0.2) is 0 Å². The maximum absolute atomic E-state index is 13.0. The van der Waals surface area contributed by atoms with Crippen molar-refractivity contribution < 1.29 is 39.5 Å². The van der Waals surface area contributed by atoms with Crippen LogP contribution in [0.3, 0.4) is 0 Å². The minimum atomic E-state index is -0.808. The zero-order chi connectivity index (χ0) is 10.8. The molecule has 0 aliphatic heterocycles. The molecule has 0 radical (unpaired) electrons. The smallest absolute Gasteiger partial charge is 1.00 e. The average molecular weight is 290 g/mol. The average Bonchev–Trinajstić information content (AvgIpc) is 2.23. The van der Waals surface area contributed by atoms with E-state index < -0.39 is 11.6 Å². The fourth-order valence-electron chi connectivity index (χ4n) is 1.37. The zero-order valence-corrected chi connectivity index (χ0v) is 12.1. The summed E-state index contributed by atoms with van der Waals surface area (Å²) in [4.78, 5) is 0. The van der Waals surface area contributed by atoms with Crippen LogP contribution in [-0.4, -0.2) is 0 Å². The topological polar surface area (TPSA) is 0 Å². The second-order valence-corrected chi connectivity index (χ2v) is 5.04. The van der Waals surface area contributed by atoms with Crippen molar-refractivity contribution in [3.8, 4) is 11.1 Å². The van der Waals surface area contributed by atoms with Gasteiger partial charge in [0.15, 0.2) is 0 Å². The predicted molar refractivity (Wildman–Crippen MR) is 51.4 cm³/mol. The van der Waals surface area contributed by atoms with Gasteiger partial charge < -0.3 is 12.4 Å². The fourth-order valence-corrected chi connectivity index (χ4v) is 1.87. The summed E-state index contributed by atoms with van der Waals surface area (Å²) in [5.74, 6) is -1.61. The molecule has 0 fully saturated rings. The van der Waals surface area contributed by atoms with Gasteiger partial charge in [-0.1, -0.05) is 0 Å². The maximum atomic E-state index is 13.0. The molecule has 0 nitrogen and oxygen atoms in total. The first kappa shape index (κ1) is 13.3. The van der Waals surface area contributed by atoms with E-state index in [1.54, 1.807) is 6.07 Å². The zero-order valence-electron chi connectivity index (χ0n) is 8.38. The molecule has 0 aliphatic carbocycles. The molecule has 0 atom stereocenters. The summed E-state index contributed by atoms with van der Waals surface area (Å²) in [5.41, 5.74) is 1.61. The number of halogens is 3. The summed E-state index contributed by atoms with van der Waals surface area (Å²) in [7, 11) is 0. The Balaban J connectivity index is 0.00000128. The van der Waals surface area contributed by atoms with Gasteiger partial charge in [0.1, 0.15) is 0 Å². The first-order valence-corrected chi connectivity index (χ1v) is 6.02. The van der Waals surface area contributed by atoms with E-state index in [1.165, 1.54) is 10.2 Å². The molecule has 0 unspecified atom stereocenters. The van der Waals surface area contributed by atoms with Crippen molar-refractivity contribution in [3.63, 3.8) is 0 Å². The van der Waals surface area contributed by atoms with E-state index in [9.17, 15) is 8.78 Å². The number of hydrogen-bond acceptors (Lipinski definition) is 0. The third-order valence-corrected chi connectivity index (χ3v) is 3.20. The van der Waals surface area contributed by atoms with Crippen molar-refractivity contribution in [1.29, 1.82) is 0 Å². The molecule has 2 aromatic rings. The van der Waals surface area contributed by atoms with Crippen LogP contribution in [0.15, 0.2) is 42.5 Å². The summed E-state index contributed by atoms with van der Waals surface area (Å²) in [6.07, 6.45) is 0. The van der Waals surface area contributed by atoms with E-state index >= 15 is 0 Å². The third-order valence-electron chi connectivity index (χ3n) is 2.21. The Kier molecular flexibility index (Phi) is 4.58. The van der Waals surface area contributed by atoms with Crippen molar-refractivity contribution in [2.45, 2.75) is 0 Å². The van der Waals surface area contributed by atoms with Crippen LogP contribution in [-0.2, 0) is 18.3 Å². The van der Waals surface area contributed by atoms with Gasteiger partial charge in [0.2, 0.25) is 0 Å². The standard InChI is InChI=1S/C12H7F2.ClH.Zn/c13-11-7-6-10(8-12(11)14)9-4-2-1-3-5-9;;/h2-8H;1H;/q;;+1/p-1. The Hall–Kier alpha value is -0.787. The molecular formula is C12H7ClF2Zn. The number of hydrogen-bond donors (Lipinski definition) is 0. The summed E-state index contributed by atoms with van der Waals surface area (Å²) >= 11 is 1.10.